The van der Waals surface area contributed by atoms with E-state index in [4.69, 9.17) is 4.74 Å². The second-order valence-corrected chi connectivity index (χ2v) is 5.83. The van der Waals surface area contributed by atoms with E-state index in [1.54, 1.807) is 13.8 Å². The van der Waals surface area contributed by atoms with E-state index >= 15 is 0 Å². The van der Waals surface area contributed by atoms with Gasteiger partial charge in [0.2, 0.25) is 0 Å². The number of nitrogens with zero attached hydrogens (tertiary/aromatic N) is 1. The van der Waals surface area contributed by atoms with Gasteiger partial charge in [-0.3, -0.25) is 9.69 Å². The van der Waals surface area contributed by atoms with Crippen molar-refractivity contribution in [1.29, 1.82) is 0 Å². The Labute approximate surface area is 142 Å². The molecule has 0 fully saturated rings. The van der Waals surface area contributed by atoms with Crippen LogP contribution in [0.3, 0.4) is 0 Å². The summed E-state index contributed by atoms with van der Waals surface area (Å²) < 4.78 is 4.79. The number of aryl methyl sites for hydroxylation is 1. The molecule has 0 radical (unpaired) electrons. The molecule has 0 atom stereocenters. The van der Waals surface area contributed by atoms with E-state index in [-0.39, 0.29) is 5.78 Å². The lowest BCUT2D eigenvalue weighted by molar-refractivity contribution is 0.0599. The van der Waals surface area contributed by atoms with Crippen LogP contribution in [0.5, 0.6) is 0 Å². The van der Waals surface area contributed by atoms with E-state index in [9.17, 15) is 9.59 Å². The van der Waals surface area contributed by atoms with Crippen LogP contribution in [0.15, 0.2) is 30.3 Å². The summed E-state index contributed by atoms with van der Waals surface area (Å²) in [5.74, 6) is -0.444. The highest BCUT2D eigenvalue weighted by Gasteiger charge is 2.23. The first kappa shape index (κ1) is 17.9. The van der Waals surface area contributed by atoms with Crippen molar-refractivity contribution in [3.8, 4) is 0 Å². The molecule has 128 valence electrons. The van der Waals surface area contributed by atoms with Crippen molar-refractivity contribution in [2.75, 3.05) is 20.2 Å². The smallest absolute Gasteiger partial charge is 0.339 e. The minimum absolute atomic E-state index is 0.0245. The lowest BCUT2D eigenvalue weighted by atomic mass is 10.1. The first-order valence-corrected chi connectivity index (χ1v) is 8.04. The minimum atomic E-state index is -0.420. The van der Waals surface area contributed by atoms with Gasteiger partial charge >= 0.3 is 5.97 Å². The van der Waals surface area contributed by atoms with Crippen LogP contribution in [-0.4, -0.2) is 41.8 Å². The summed E-state index contributed by atoms with van der Waals surface area (Å²) in [4.78, 5) is 29.6. The van der Waals surface area contributed by atoms with E-state index in [1.165, 1.54) is 12.7 Å². The number of hydrogen-bond acceptors (Lipinski definition) is 4. The second kappa shape index (κ2) is 7.93. The molecule has 2 rings (SSSR count). The lowest BCUT2D eigenvalue weighted by Gasteiger charge is -2.19. The lowest BCUT2D eigenvalue weighted by Crippen LogP contribution is -2.29. The molecule has 0 unspecified atom stereocenters. The molecule has 1 aromatic heterocycles. The largest absolute Gasteiger partial charge is 0.465 e. The first-order chi connectivity index (χ1) is 11.5. The van der Waals surface area contributed by atoms with Gasteiger partial charge in [0.15, 0.2) is 5.78 Å². The summed E-state index contributed by atoms with van der Waals surface area (Å²) in [6.45, 7) is 7.36. The Bertz CT molecular complexity index is 720. The van der Waals surface area contributed by atoms with E-state index in [2.05, 4.69) is 9.88 Å². The minimum Gasteiger partial charge on any atom is -0.465 e. The number of ether oxygens (including phenoxy) is 1. The molecule has 1 N–H and O–H groups in total. The van der Waals surface area contributed by atoms with Gasteiger partial charge in [0.25, 0.3) is 0 Å². The number of carbonyl (C=O) groups excluding carboxylic acids is 2. The van der Waals surface area contributed by atoms with Crippen molar-refractivity contribution in [3.63, 3.8) is 0 Å². The number of rotatable bonds is 7. The predicted octanol–water partition coefficient (Wildman–Crippen LogP) is 3.12. The molecular formula is C19H24N2O3. The number of carbonyl (C=O) groups is 2. The van der Waals surface area contributed by atoms with Crippen molar-refractivity contribution in [3.05, 3.63) is 58.4 Å². The third-order valence-electron chi connectivity index (χ3n) is 4.17. The van der Waals surface area contributed by atoms with Gasteiger partial charge in [0.05, 0.1) is 24.9 Å². The highest BCUT2D eigenvalue weighted by Crippen LogP contribution is 2.20. The number of ketones is 1. The number of hydrogen-bond donors (Lipinski definition) is 1. The molecule has 0 bridgehead atoms. The molecule has 0 aliphatic rings. The average Bonchev–Trinajstić information content (AvgIpc) is 2.89. The summed E-state index contributed by atoms with van der Waals surface area (Å²) in [6, 6.07) is 10.1. The van der Waals surface area contributed by atoms with Crippen LogP contribution in [0.25, 0.3) is 0 Å². The van der Waals surface area contributed by atoms with Crippen molar-refractivity contribution >= 4 is 11.8 Å². The highest BCUT2D eigenvalue weighted by atomic mass is 16.5. The van der Waals surface area contributed by atoms with Crippen molar-refractivity contribution in [1.82, 2.24) is 9.88 Å². The molecule has 0 aliphatic heterocycles. The van der Waals surface area contributed by atoms with Crippen LogP contribution in [0.4, 0.5) is 0 Å². The standard InChI is InChI=1S/C19H24N2O3/c1-5-21(11-15-9-7-6-8-10-15)12-16(22)18-13(2)17(14(3)20-18)19(23)24-4/h6-10,20H,5,11-12H2,1-4H3. The summed E-state index contributed by atoms with van der Waals surface area (Å²) in [7, 11) is 1.34. The molecule has 5 heteroatoms. The third kappa shape index (κ3) is 3.92. The number of aromatic amines is 1. The summed E-state index contributed by atoms with van der Waals surface area (Å²) in [5.41, 5.74) is 3.42. The molecule has 5 nitrogen and oxygen atoms in total. The third-order valence-corrected chi connectivity index (χ3v) is 4.17. The van der Waals surface area contributed by atoms with Gasteiger partial charge in [-0.2, -0.15) is 0 Å². The van der Waals surface area contributed by atoms with E-state index in [0.717, 1.165) is 6.54 Å². The second-order valence-electron chi connectivity index (χ2n) is 5.83. The SMILES string of the molecule is CCN(CC(=O)c1[nH]c(C)c(C(=O)OC)c1C)Cc1ccccc1. The fourth-order valence-corrected chi connectivity index (χ4v) is 2.84. The number of Topliss-reactive ketones (excluding diaryl/α,β-unsaturated/α-hetero) is 1. The zero-order chi connectivity index (χ0) is 17.7. The van der Waals surface area contributed by atoms with Gasteiger partial charge in [0, 0.05) is 12.2 Å². The summed E-state index contributed by atoms with van der Waals surface area (Å²) in [5, 5.41) is 0. The number of benzene rings is 1. The van der Waals surface area contributed by atoms with Crippen LogP contribution in [0.1, 0.15) is 44.6 Å². The van der Waals surface area contributed by atoms with E-state index < -0.39 is 5.97 Å². The number of nitrogens with one attached hydrogen (secondary N) is 1. The highest BCUT2D eigenvalue weighted by molar-refractivity contribution is 6.02. The molecule has 1 aromatic carbocycles. The zero-order valence-electron chi connectivity index (χ0n) is 14.7. The maximum atomic E-state index is 12.7. The molecular weight excluding hydrogens is 304 g/mol. The van der Waals surface area contributed by atoms with Crippen LogP contribution in [0.2, 0.25) is 0 Å². The van der Waals surface area contributed by atoms with Crippen LogP contribution >= 0.6 is 0 Å². The zero-order valence-corrected chi connectivity index (χ0v) is 14.7. The normalized spacial score (nSPS) is 10.9. The first-order valence-electron chi connectivity index (χ1n) is 8.04. The fourth-order valence-electron chi connectivity index (χ4n) is 2.84. The topological polar surface area (TPSA) is 62.4 Å². The van der Waals surface area contributed by atoms with Gasteiger partial charge < -0.3 is 9.72 Å². The van der Waals surface area contributed by atoms with Crippen LogP contribution in [-0.2, 0) is 11.3 Å². The molecule has 0 aliphatic carbocycles. The molecule has 0 saturated heterocycles. The van der Waals surface area contributed by atoms with Crippen LogP contribution < -0.4 is 0 Å². The Hall–Kier alpha value is -2.40. The van der Waals surface area contributed by atoms with E-state index in [1.807, 2.05) is 37.3 Å². The Kier molecular flexibility index (Phi) is 5.93. The fraction of sp³-hybridized carbons (Fsp3) is 0.368. The number of methoxy groups -OCH3 is 1. The Morgan fingerprint density at radius 3 is 2.42 bits per heavy atom. The molecule has 0 saturated carbocycles. The van der Waals surface area contributed by atoms with Crippen molar-refractivity contribution in [2.24, 2.45) is 0 Å². The number of aromatic nitrogens is 1. The molecule has 1 heterocycles. The van der Waals surface area contributed by atoms with Gasteiger partial charge in [-0.15, -0.1) is 0 Å². The summed E-state index contributed by atoms with van der Waals surface area (Å²) >= 11 is 0. The number of H-pyrrole nitrogens is 1. The maximum Gasteiger partial charge on any atom is 0.339 e. The van der Waals surface area contributed by atoms with Crippen molar-refractivity contribution in [2.45, 2.75) is 27.3 Å². The Morgan fingerprint density at radius 1 is 1.17 bits per heavy atom. The number of esters is 1. The maximum absolute atomic E-state index is 12.7. The molecule has 2 aromatic rings. The van der Waals surface area contributed by atoms with E-state index in [0.29, 0.717) is 35.6 Å². The predicted molar refractivity (Wildman–Crippen MR) is 93.3 cm³/mol. The quantitative estimate of drug-likeness (QED) is 0.626. The number of likely N-dealkylation sites (N-methyl/N-ethyl adjacent to an activating group) is 1. The Balaban J connectivity index is 2.15. The van der Waals surface area contributed by atoms with Gasteiger partial charge in [-0.1, -0.05) is 37.3 Å². The summed E-state index contributed by atoms with van der Waals surface area (Å²) in [6.07, 6.45) is 0. The monoisotopic (exact) mass is 328 g/mol. The Morgan fingerprint density at radius 2 is 1.83 bits per heavy atom. The van der Waals surface area contributed by atoms with Crippen LogP contribution in [0, 0.1) is 13.8 Å². The van der Waals surface area contributed by atoms with Gasteiger partial charge in [0.1, 0.15) is 0 Å². The molecule has 24 heavy (non-hydrogen) atoms. The van der Waals surface area contributed by atoms with Gasteiger partial charge in [-0.25, -0.2) is 4.79 Å². The van der Waals surface area contributed by atoms with Crippen molar-refractivity contribution < 1.29 is 14.3 Å². The van der Waals surface area contributed by atoms with Gasteiger partial charge in [-0.05, 0) is 31.5 Å². The molecule has 0 amide bonds. The molecule has 0 spiro atoms. The average molecular weight is 328 g/mol.